The molecule has 1 heterocycles. The minimum absolute atomic E-state index is 0.340. The number of rotatable bonds is 0. The van der Waals surface area contributed by atoms with E-state index in [2.05, 4.69) is 5.32 Å². The molecule has 1 aliphatic heterocycles. The smallest absolute Gasteiger partial charge is 0.131 e. The highest BCUT2D eigenvalue weighted by molar-refractivity contribution is 4.58. The van der Waals surface area contributed by atoms with Crippen molar-refractivity contribution in [2.45, 2.75) is 13.0 Å². The molecule has 0 aliphatic carbocycles. The molecule has 3 nitrogen and oxygen atoms in total. The standard InChI is InChI=1S/C4H10N2O/c1-4-2-6(7)3-5-4/h4-6H,2-3H2,1H3. The van der Waals surface area contributed by atoms with Gasteiger partial charge < -0.3 is 10.3 Å². The van der Waals surface area contributed by atoms with Crippen LogP contribution in [-0.2, 0) is 0 Å². The molecule has 0 aromatic heterocycles. The zero-order chi connectivity index (χ0) is 5.28. The lowest BCUT2D eigenvalue weighted by atomic mass is 10.4. The van der Waals surface area contributed by atoms with Gasteiger partial charge in [0.2, 0.25) is 0 Å². The average molecular weight is 102 g/mol. The first-order chi connectivity index (χ1) is 3.29. The van der Waals surface area contributed by atoms with E-state index >= 15 is 0 Å². The monoisotopic (exact) mass is 102 g/mol. The second-order valence-corrected chi connectivity index (χ2v) is 2.02. The molecule has 2 N–H and O–H groups in total. The van der Waals surface area contributed by atoms with Crippen molar-refractivity contribution in [2.75, 3.05) is 13.2 Å². The summed E-state index contributed by atoms with van der Waals surface area (Å²) in [5.74, 6) is 0. The van der Waals surface area contributed by atoms with E-state index in [1.54, 1.807) is 0 Å². The lowest BCUT2D eigenvalue weighted by Crippen LogP contribution is -3.05. The molecule has 2 unspecified atom stereocenters. The van der Waals surface area contributed by atoms with Crippen molar-refractivity contribution in [3.8, 4) is 0 Å². The third kappa shape index (κ3) is 1.12. The zero-order valence-corrected chi connectivity index (χ0v) is 4.40. The maximum absolute atomic E-state index is 10.4. The van der Waals surface area contributed by atoms with Crippen molar-refractivity contribution in [2.24, 2.45) is 0 Å². The van der Waals surface area contributed by atoms with Gasteiger partial charge >= 0.3 is 0 Å². The highest BCUT2D eigenvalue weighted by Crippen LogP contribution is 1.75. The maximum atomic E-state index is 10.4. The van der Waals surface area contributed by atoms with E-state index in [0.29, 0.717) is 17.8 Å². The molecule has 0 spiro atoms. The molecule has 1 saturated heterocycles. The minimum Gasteiger partial charge on any atom is -0.633 e. The first-order valence-corrected chi connectivity index (χ1v) is 2.54. The van der Waals surface area contributed by atoms with Gasteiger partial charge in [0.1, 0.15) is 6.67 Å². The molecule has 2 atom stereocenters. The Morgan fingerprint density at radius 2 is 2.57 bits per heavy atom. The molecule has 0 aromatic rings. The molecule has 7 heavy (non-hydrogen) atoms. The fourth-order valence-electron chi connectivity index (χ4n) is 0.774. The molecule has 1 rings (SSSR count). The Bertz CT molecular complexity index is 58.7. The Kier molecular flexibility index (Phi) is 1.27. The molecule has 1 aliphatic rings. The Morgan fingerprint density at radius 3 is 2.71 bits per heavy atom. The minimum atomic E-state index is 0.340. The van der Waals surface area contributed by atoms with E-state index in [1.807, 2.05) is 6.92 Å². The molecule has 0 saturated carbocycles. The molecule has 1 fully saturated rings. The van der Waals surface area contributed by atoms with Crippen LogP contribution in [0.15, 0.2) is 0 Å². The topological polar surface area (TPSA) is 39.5 Å². The van der Waals surface area contributed by atoms with Crippen LogP contribution >= 0.6 is 0 Å². The van der Waals surface area contributed by atoms with Gasteiger partial charge in [0.25, 0.3) is 0 Å². The Morgan fingerprint density at radius 1 is 1.86 bits per heavy atom. The second-order valence-electron chi connectivity index (χ2n) is 2.02. The number of hydrogen-bond acceptors (Lipinski definition) is 2. The number of quaternary nitrogens is 1. The van der Waals surface area contributed by atoms with Crippen molar-refractivity contribution < 1.29 is 5.06 Å². The van der Waals surface area contributed by atoms with Crippen LogP contribution in [0.5, 0.6) is 0 Å². The zero-order valence-electron chi connectivity index (χ0n) is 4.40. The van der Waals surface area contributed by atoms with E-state index in [9.17, 15) is 5.21 Å². The van der Waals surface area contributed by atoms with Crippen LogP contribution in [0.1, 0.15) is 6.92 Å². The highest BCUT2D eigenvalue weighted by Gasteiger charge is 2.13. The summed E-state index contributed by atoms with van der Waals surface area (Å²) in [4.78, 5) is 0. The summed E-state index contributed by atoms with van der Waals surface area (Å²) in [6.45, 7) is 3.33. The highest BCUT2D eigenvalue weighted by atomic mass is 16.5. The first-order valence-electron chi connectivity index (χ1n) is 2.54. The molecular weight excluding hydrogens is 92.1 g/mol. The van der Waals surface area contributed by atoms with Crippen molar-refractivity contribution in [1.29, 1.82) is 0 Å². The van der Waals surface area contributed by atoms with Crippen LogP contribution in [0.25, 0.3) is 0 Å². The van der Waals surface area contributed by atoms with Gasteiger partial charge in [0, 0.05) is 0 Å². The average Bonchev–Trinajstić information content (AvgIpc) is 1.87. The van der Waals surface area contributed by atoms with Crippen molar-refractivity contribution in [3.63, 3.8) is 0 Å². The van der Waals surface area contributed by atoms with Gasteiger partial charge in [0.15, 0.2) is 0 Å². The van der Waals surface area contributed by atoms with E-state index < -0.39 is 0 Å². The summed E-state index contributed by atoms with van der Waals surface area (Å²) in [7, 11) is 0. The summed E-state index contributed by atoms with van der Waals surface area (Å²) in [5.41, 5.74) is 0. The van der Waals surface area contributed by atoms with Crippen LogP contribution in [0.3, 0.4) is 0 Å². The summed E-state index contributed by atoms with van der Waals surface area (Å²) in [6, 6.07) is 0.424. The summed E-state index contributed by atoms with van der Waals surface area (Å²) < 4.78 is 0. The third-order valence-corrected chi connectivity index (χ3v) is 1.18. The number of hydroxylamine groups is 2. The first kappa shape index (κ1) is 5.03. The predicted molar refractivity (Wildman–Crippen MR) is 26.7 cm³/mol. The number of nitrogens with one attached hydrogen (secondary N) is 2. The Balaban J connectivity index is 2.26. The van der Waals surface area contributed by atoms with Crippen molar-refractivity contribution >= 4 is 0 Å². The number of hydrogen-bond donors (Lipinski definition) is 2. The maximum Gasteiger partial charge on any atom is 0.131 e. The quantitative estimate of drug-likeness (QED) is 0.358. The van der Waals surface area contributed by atoms with Crippen molar-refractivity contribution in [1.82, 2.24) is 5.32 Å². The van der Waals surface area contributed by atoms with Gasteiger partial charge in [-0.2, -0.15) is 0 Å². The van der Waals surface area contributed by atoms with E-state index in [1.165, 1.54) is 0 Å². The van der Waals surface area contributed by atoms with Crippen molar-refractivity contribution in [3.05, 3.63) is 5.21 Å². The van der Waals surface area contributed by atoms with E-state index in [4.69, 9.17) is 0 Å². The summed E-state index contributed by atoms with van der Waals surface area (Å²) >= 11 is 0. The molecule has 0 radical (unpaired) electrons. The lowest BCUT2D eigenvalue weighted by molar-refractivity contribution is -0.835. The fraction of sp³-hybridized carbons (Fsp3) is 1.00. The van der Waals surface area contributed by atoms with E-state index in [0.717, 1.165) is 6.54 Å². The van der Waals surface area contributed by atoms with Gasteiger partial charge in [0.05, 0.1) is 12.6 Å². The van der Waals surface area contributed by atoms with Crippen LogP contribution in [-0.4, -0.2) is 19.3 Å². The largest absolute Gasteiger partial charge is 0.633 e. The normalized spacial score (nSPS) is 42.0. The molecule has 0 bridgehead atoms. The molecular formula is C4H10N2O. The fourth-order valence-corrected chi connectivity index (χ4v) is 0.774. The van der Waals surface area contributed by atoms with Crippen LogP contribution in [0.4, 0.5) is 0 Å². The van der Waals surface area contributed by atoms with Crippen LogP contribution in [0, 0.1) is 5.21 Å². The Hall–Kier alpha value is -0.120. The van der Waals surface area contributed by atoms with Gasteiger partial charge in [-0.05, 0) is 6.92 Å². The van der Waals surface area contributed by atoms with Crippen LogP contribution in [0.2, 0.25) is 0 Å². The third-order valence-electron chi connectivity index (χ3n) is 1.18. The van der Waals surface area contributed by atoms with Gasteiger partial charge in [-0.1, -0.05) is 0 Å². The van der Waals surface area contributed by atoms with Gasteiger partial charge in [-0.15, -0.1) is 0 Å². The van der Waals surface area contributed by atoms with Gasteiger partial charge in [-0.3, -0.25) is 5.32 Å². The SMILES string of the molecule is CC1C[NH+]([O-])CN1. The van der Waals surface area contributed by atoms with Crippen LogP contribution < -0.4 is 10.4 Å². The lowest BCUT2D eigenvalue weighted by Gasteiger charge is -2.11. The molecule has 0 amide bonds. The summed E-state index contributed by atoms with van der Waals surface area (Å²) in [5, 5.41) is 13.8. The summed E-state index contributed by atoms with van der Waals surface area (Å²) in [6.07, 6.45) is 0. The molecule has 3 heteroatoms. The Labute approximate surface area is 42.9 Å². The van der Waals surface area contributed by atoms with E-state index in [-0.39, 0.29) is 0 Å². The van der Waals surface area contributed by atoms with Gasteiger partial charge in [-0.25, -0.2) is 0 Å². The molecule has 42 valence electrons. The second kappa shape index (κ2) is 1.78. The predicted octanol–water partition coefficient (Wildman–Crippen LogP) is -1.68. The molecule has 0 aromatic carbocycles.